The highest BCUT2D eigenvalue weighted by molar-refractivity contribution is 6.34. The van der Waals surface area contributed by atoms with Crippen molar-refractivity contribution in [1.82, 2.24) is 0 Å². The summed E-state index contributed by atoms with van der Waals surface area (Å²) in [5.74, 6) is -0.484. The van der Waals surface area contributed by atoms with Gasteiger partial charge in [0.25, 0.3) is 5.78 Å². The van der Waals surface area contributed by atoms with Gasteiger partial charge in [0.1, 0.15) is 11.5 Å². The average Bonchev–Trinajstić information content (AvgIpc) is 2.28. The summed E-state index contributed by atoms with van der Waals surface area (Å²) in [4.78, 5) is 24.9. The molecule has 0 aliphatic carbocycles. The maximum atomic E-state index is 11.5. The van der Waals surface area contributed by atoms with E-state index in [1.54, 1.807) is 0 Å². The standard InChI is InChI=1S/C11H10N2O4/c1-7(14)17-8-3-4-9(10(15)6-13-12)11(5-8)16-2/h3-6H,1-2H3. The number of esters is 1. The fraction of sp³-hybridized carbons (Fsp3) is 0.182. The summed E-state index contributed by atoms with van der Waals surface area (Å²) < 4.78 is 9.82. The quantitative estimate of drug-likeness (QED) is 0.195. The van der Waals surface area contributed by atoms with E-state index in [9.17, 15) is 9.59 Å². The van der Waals surface area contributed by atoms with Gasteiger partial charge in [-0.3, -0.25) is 9.59 Å². The number of methoxy groups -OCH3 is 1. The van der Waals surface area contributed by atoms with Gasteiger partial charge in [-0.2, -0.15) is 4.79 Å². The van der Waals surface area contributed by atoms with E-state index in [4.69, 9.17) is 15.0 Å². The Morgan fingerprint density at radius 2 is 2.12 bits per heavy atom. The van der Waals surface area contributed by atoms with Crippen LogP contribution < -0.4 is 9.47 Å². The van der Waals surface area contributed by atoms with E-state index in [0.717, 1.165) is 6.21 Å². The van der Waals surface area contributed by atoms with Crippen LogP contribution in [0.15, 0.2) is 18.2 Å². The molecule has 0 N–H and O–H groups in total. The summed E-state index contributed by atoms with van der Waals surface area (Å²) >= 11 is 0. The Bertz CT molecular complexity index is 504. The van der Waals surface area contributed by atoms with E-state index >= 15 is 0 Å². The largest absolute Gasteiger partial charge is 0.496 e. The highest BCUT2D eigenvalue weighted by Gasteiger charge is 2.14. The Morgan fingerprint density at radius 1 is 1.41 bits per heavy atom. The summed E-state index contributed by atoms with van der Waals surface area (Å²) in [5, 5.41) is 0. The van der Waals surface area contributed by atoms with Gasteiger partial charge in [-0.25, -0.2) is 0 Å². The first-order chi connectivity index (χ1) is 8.08. The number of carbonyl (C=O) groups excluding carboxylic acids is 2. The average molecular weight is 234 g/mol. The number of nitrogens with zero attached hydrogens (tertiary/aromatic N) is 2. The minimum Gasteiger partial charge on any atom is -0.496 e. The lowest BCUT2D eigenvalue weighted by molar-refractivity contribution is -0.131. The number of carbonyl (C=O) groups is 2. The molecule has 17 heavy (non-hydrogen) atoms. The summed E-state index contributed by atoms with van der Waals surface area (Å²) in [6.45, 7) is 1.27. The molecule has 0 atom stereocenters. The highest BCUT2D eigenvalue weighted by atomic mass is 16.5. The number of benzene rings is 1. The van der Waals surface area contributed by atoms with Crippen molar-refractivity contribution in [2.75, 3.05) is 7.11 Å². The number of ether oxygens (including phenoxy) is 2. The Hall–Kier alpha value is -2.46. The van der Waals surface area contributed by atoms with Crippen molar-refractivity contribution in [3.63, 3.8) is 0 Å². The van der Waals surface area contributed by atoms with E-state index in [1.165, 1.54) is 32.2 Å². The molecule has 0 unspecified atom stereocenters. The van der Waals surface area contributed by atoms with E-state index in [-0.39, 0.29) is 17.1 Å². The van der Waals surface area contributed by atoms with Crippen molar-refractivity contribution in [1.29, 1.82) is 0 Å². The van der Waals surface area contributed by atoms with Crippen LogP contribution in [-0.2, 0) is 4.79 Å². The van der Waals surface area contributed by atoms with Gasteiger partial charge in [-0.15, -0.1) is 0 Å². The Morgan fingerprint density at radius 3 is 2.65 bits per heavy atom. The number of hydrogen-bond donors (Lipinski definition) is 0. The lowest BCUT2D eigenvalue weighted by Crippen LogP contribution is -2.06. The van der Waals surface area contributed by atoms with E-state index in [2.05, 4.69) is 4.79 Å². The van der Waals surface area contributed by atoms with Crippen molar-refractivity contribution in [3.05, 3.63) is 29.3 Å². The number of hydrogen-bond acceptors (Lipinski definition) is 4. The fourth-order valence-corrected chi connectivity index (χ4v) is 1.23. The lowest BCUT2D eigenvalue weighted by atomic mass is 10.1. The predicted molar refractivity (Wildman–Crippen MR) is 58.3 cm³/mol. The van der Waals surface area contributed by atoms with Crippen LogP contribution in [0, 0.1) is 0 Å². The molecule has 0 spiro atoms. The molecule has 0 heterocycles. The van der Waals surface area contributed by atoms with Crippen LogP contribution in [-0.4, -0.2) is 29.9 Å². The molecule has 0 aromatic heterocycles. The molecule has 6 heteroatoms. The second-order valence-electron chi connectivity index (χ2n) is 3.06. The van der Waals surface area contributed by atoms with Gasteiger partial charge in [0.2, 0.25) is 0 Å². The molecular weight excluding hydrogens is 224 g/mol. The van der Waals surface area contributed by atoms with Crippen molar-refractivity contribution < 1.29 is 23.9 Å². The summed E-state index contributed by atoms with van der Waals surface area (Å²) in [6.07, 6.45) is 0.753. The van der Waals surface area contributed by atoms with E-state index in [1.807, 2.05) is 0 Å². The van der Waals surface area contributed by atoms with E-state index < -0.39 is 11.8 Å². The predicted octanol–water partition coefficient (Wildman–Crippen LogP) is 1.10. The van der Waals surface area contributed by atoms with Crippen molar-refractivity contribution in [3.8, 4) is 11.5 Å². The van der Waals surface area contributed by atoms with Gasteiger partial charge in [0.15, 0.2) is 0 Å². The minimum atomic E-state index is -0.515. The van der Waals surface area contributed by atoms with Gasteiger partial charge < -0.3 is 15.0 Å². The molecule has 0 bridgehead atoms. The van der Waals surface area contributed by atoms with Crippen LogP contribution in [0.5, 0.6) is 11.5 Å². The van der Waals surface area contributed by atoms with Crippen LogP contribution in [0.1, 0.15) is 17.3 Å². The molecule has 0 saturated carbocycles. The van der Waals surface area contributed by atoms with E-state index in [0.29, 0.717) is 0 Å². The van der Waals surface area contributed by atoms with Gasteiger partial charge in [0.05, 0.1) is 12.7 Å². The lowest BCUT2D eigenvalue weighted by Gasteiger charge is -2.07. The molecule has 0 amide bonds. The van der Waals surface area contributed by atoms with Gasteiger partial charge >= 0.3 is 12.2 Å². The monoisotopic (exact) mass is 234 g/mol. The molecule has 88 valence electrons. The van der Waals surface area contributed by atoms with Crippen molar-refractivity contribution in [2.45, 2.75) is 6.92 Å². The maximum absolute atomic E-state index is 11.5. The molecule has 1 aromatic carbocycles. The first kappa shape index (κ1) is 12.6. The molecule has 0 aliphatic heterocycles. The number of Topliss-reactive ketones (excluding diaryl/α,β-unsaturated/α-hetero) is 1. The third-order valence-electron chi connectivity index (χ3n) is 1.88. The molecule has 1 aromatic rings. The fourth-order valence-electron chi connectivity index (χ4n) is 1.23. The summed E-state index contributed by atoms with van der Waals surface area (Å²) in [5.41, 5.74) is 8.48. The molecular formula is C11H10N2O4. The molecule has 0 fully saturated rings. The third kappa shape index (κ3) is 3.25. The Labute approximate surface area is 97.4 Å². The second kappa shape index (κ2) is 5.58. The first-order valence-electron chi connectivity index (χ1n) is 4.66. The van der Waals surface area contributed by atoms with Gasteiger partial charge in [-0.05, 0) is 12.1 Å². The van der Waals surface area contributed by atoms with Crippen LogP contribution in [0.3, 0.4) is 0 Å². The van der Waals surface area contributed by atoms with Crippen LogP contribution >= 0.6 is 0 Å². The molecule has 0 saturated heterocycles. The Kier molecular flexibility index (Phi) is 4.14. The zero-order valence-corrected chi connectivity index (χ0v) is 9.34. The molecule has 0 aliphatic rings. The zero-order valence-electron chi connectivity index (χ0n) is 9.34. The van der Waals surface area contributed by atoms with Crippen molar-refractivity contribution >= 4 is 18.0 Å². The smallest absolute Gasteiger partial charge is 0.328 e. The van der Waals surface area contributed by atoms with Crippen molar-refractivity contribution in [2.24, 2.45) is 0 Å². The molecule has 0 radical (unpaired) electrons. The van der Waals surface area contributed by atoms with Crippen LogP contribution in [0.25, 0.3) is 5.53 Å². The molecule has 1 rings (SSSR count). The first-order valence-corrected chi connectivity index (χ1v) is 4.66. The third-order valence-corrected chi connectivity index (χ3v) is 1.88. The Balaban J connectivity index is 3.13. The zero-order chi connectivity index (χ0) is 12.8. The SMILES string of the molecule is COc1cc(OC(C)=O)ccc1C(=O)C=[N+]=[N-]. The topological polar surface area (TPSA) is 89.0 Å². The summed E-state index contributed by atoms with van der Waals surface area (Å²) in [7, 11) is 1.37. The van der Waals surface area contributed by atoms with Crippen LogP contribution in [0.4, 0.5) is 0 Å². The number of rotatable bonds is 4. The highest BCUT2D eigenvalue weighted by Crippen LogP contribution is 2.24. The normalized spacial score (nSPS) is 9.06. The second-order valence-corrected chi connectivity index (χ2v) is 3.06. The minimum absolute atomic E-state index is 0.209. The molecule has 6 nitrogen and oxygen atoms in total. The number of ketones is 1. The maximum Gasteiger partial charge on any atom is 0.328 e. The van der Waals surface area contributed by atoms with Gasteiger partial charge in [-0.1, -0.05) is 0 Å². The van der Waals surface area contributed by atoms with Crippen LogP contribution in [0.2, 0.25) is 0 Å². The summed E-state index contributed by atoms with van der Waals surface area (Å²) in [6, 6.07) is 4.27. The van der Waals surface area contributed by atoms with Gasteiger partial charge in [0, 0.05) is 13.0 Å².